The van der Waals surface area contributed by atoms with Gasteiger partial charge in [-0.2, -0.15) is 0 Å². The average molecular weight is 160 g/mol. The summed E-state index contributed by atoms with van der Waals surface area (Å²) >= 11 is 5.45. The second-order valence-electron chi connectivity index (χ2n) is 1.70. The Bertz CT molecular complexity index is 233. The first-order valence-corrected chi connectivity index (χ1v) is 2.83. The summed E-state index contributed by atoms with van der Waals surface area (Å²) in [4.78, 5) is 0. The van der Waals surface area contributed by atoms with Crippen LogP contribution >= 0.6 is 11.6 Å². The summed E-state index contributed by atoms with van der Waals surface area (Å²) in [6.07, 6.45) is 0. The van der Waals surface area contributed by atoms with Crippen LogP contribution in [0.4, 0.5) is 17.2 Å². The fourth-order valence-electron chi connectivity index (χ4n) is 0.455. The molecule has 0 aliphatic carbocycles. The Morgan fingerprint density at radius 3 is 2.10 bits per heavy atom. The fraction of sp³-hybridized carbons (Fsp3) is 0. The lowest BCUT2D eigenvalue weighted by atomic mass is 10.4. The lowest BCUT2D eigenvalue weighted by Crippen LogP contribution is -2.04. The molecular formula is C4H6ClN5. The summed E-state index contributed by atoms with van der Waals surface area (Å²) < 4.78 is 0. The van der Waals surface area contributed by atoms with Gasteiger partial charge in [-0.05, 0) is 0 Å². The minimum absolute atomic E-state index is 0.0756. The van der Waals surface area contributed by atoms with Crippen molar-refractivity contribution in [3.8, 4) is 0 Å². The predicted octanol–water partition coefficient (Wildman–Crippen LogP) is -0.123. The minimum Gasteiger partial charge on any atom is -0.394 e. The van der Waals surface area contributed by atoms with E-state index in [1.54, 1.807) is 0 Å². The van der Waals surface area contributed by atoms with Gasteiger partial charge in [0.2, 0.25) is 0 Å². The number of nitrogens with two attached hydrogens (primary N) is 3. The van der Waals surface area contributed by atoms with Crippen molar-refractivity contribution in [1.29, 1.82) is 0 Å². The first-order chi connectivity index (χ1) is 4.63. The Morgan fingerprint density at radius 1 is 1.00 bits per heavy atom. The molecule has 10 heavy (non-hydrogen) atoms. The molecule has 0 saturated heterocycles. The highest BCUT2D eigenvalue weighted by molar-refractivity contribution is 6.32. The molecule has 0 atom stereocenters. The van der Waals surface area contributed by atoms with Crippen LogP contribution in [0.1, 0.15) is 0 Å². The standard InChI is InChI=1S/C4H6ClN5/c5-3-1(6)2(7)4(8)10-9-3/h(H2,7,9)(H4,6,8,10). The van der Waals surface area contributed by atoms with Crippen molar-refractivity contribution in [2.75, 3.05) is 17.2 Å². The van der Waals surface area contributed by atoms with Crippen molar-refractivity contribution >= 4 is 28.8 Å². The predicted molar refractivity (Wildman–Crippen MR) is 40.3 cm³/mol. The number of hydrogen-bond acceptors (Lipinski definition) is 5. The molecule has 0 spiro atoms. The average Bonchev–Trinajstić information content (AvgIpc) is 1.93. The first-order valence-electron chi connectivity index (χ1n) is 2.45. The summed E-state index contributed by atoms with van der Waals surface area (Å²) in [7, 11) is 0. The summed E-state index contributed by atoms with van der Waals surface area (Å²) in [6.45, 7) is 0. The zero-order valence-electron chi connectivity index (χ0n) is 5.00. The summed E-state index contributed by atoms with van der Waals surface area (Å²) in [5.41, 5.74) is 16.3. The van der Waals surface area contributed by atoms with Crippen LogP contribution in [0.2, 0.25) is 5.15 Å². The molecule has 0 unspecified atom stereocenters. The number of anilines is 3. The number of nitrogens with zero attached hydrogens (tertiary/aromatic N) is 2. The Balaban J connectivity index is 3.34. The van der Waals surface area contributed by atoms with Crippen molar-refractivity contribution in [3.63, 3.8) is 0 Å². The van der Waals surface area contributed by atoms with E-state index in [0.717, 1.165) is 0 Å². The quantitative estimate of drug-likeness (QED) is 0.490. The van der Waals surface area contributed by atoms with Gasteiger partial charge in [-0.15, -0.1) is 10.2 Å². The first kappa shape index (κ1) is 6.88. The van der Waals surface area contributed by atoms with Crippen LogP contribution in [0.3, 0.4) is 0 Å². The number of hydrogen-bond donors (Lipinski definition) is 3. The van der Waals surface area contributed by atoms with Gasteiger partial charge in [0.05, 0.1) is 5.69 Å². The van der Waals surface area contributed by atoms with Crippen molar-refractivity contribution in [2.24, 2.45) is 0 Å². The van der Waals surface area contributed by atoms with Crippen LogP contribution in [0.5, 0.6) is 0 Å². The molecule has 1 heterocycles. The number of aromatic nitrogens is 2. The SMILES string of the molecule is Nc1nnc(Cl)c(N)c1N. The molecule has 0 aliphatic heterocycles. The van der Waals surface area contributed by atoms with Crippen molar-refractivity contribution in [1.82, 2.24) is 10.2 Å². The molecular weight excluding hydrogens is 154 g/mol. The molecule has 0 bridgehead atoms. The van der Waals surface area contributed by atoms with Crippen LogP contribution in [-0.4, -0.2) is 10.2 Å². The molecule has 1 aromatic heterocycles. The highest BCUT2D eigenvalue weighted by Crippen LogP contribution is 2.24. The zero-order valence-corrected chi connectivity index (χ0v) is 5.76. The van der Waals surface area contributed by atoms with Crippen molar-refractivity contribution in [2.45, 2.75) is 0 Å². The van der Waals surface area contributed by atoms with Crippen LogP contribution in [0.25, 0.3) is 0 Å². The smallest absolute Gasteiger partial charge is 0.176 e. The van der Waals surface area contributed by atoms with Gasteiger partial charge in [0.25, 0.3) is 0 Å². The van der Waals surface area contributed by atoms with Crippen LogP contribution in [0.15, 0.2) is 0 Å². The summed E-state index contributed by atoms with van der Waals surface area (Å²) in [6, 6.07) is 0. The van der Waals surface area contributed by atoms with Gasteiger partial charge in [-0.25, -0.2) is 0 Å². The molecule has 6 N–H and O–H groups in total. The van der Waals surface area contributed by atoms with E-state index in [-0.39, 0.29) is 22.3 Å². The number of rotatable bonds is 0. The molecule has 0 saturated carbocycles. The topological polar surface area (TPSA) is 104 Å². The monoisotopic (exact) mass is 159 g/mol. The Morgan fingerprint density at radius 2 is 1.60 bits per heavy atom. The van der Waals surface area contributed by atoms with E-state index in [9.17, 15) is 0 Å². The second-order valence-corrected chi connectivity index (χ2v) is 2.06. The molecule has 6 heteroatoms. The van der Waals surface area contributed by atoms with Gasteiger partial charge in [-0.1, -0.05) is 11.6 Å². The highest BCUT2D eigenvalue weighted by atomic mass is 35.5. The lowest BCUT2D eigenvalue weighted by Gasteiger charge is -2.01. The molecule has 0 fully saturated rings. The number of halogens is 1. The van der Waals surface area contributed by atoms with Gasteiger partial charge >= 0.3 is 0 Å². The number of nitrogen functional groups attached to an aromatic ring is 3. The molecule has 0 aliphatic rings. The van der Waals surface area contributed by atoms with E-state index < -0.39 is 0 Å². The molecule has 54 valence electrons. The zero-order chi connectivity index (χ0) is 7.72. The van der Waals surface area contributed by atoms with E-state index in [0.29, 0.717) is 0 Å². The summed E-state index contributed by atoms with van der Waals surface area (Å²) in [5.74, 6) is 0.0990. The van der Waals surface area contributed by atoms with E-state index in [2.05, 4.69) is 10.2 Å². The largest absolute Gasteiger partial charge is 0.394 e. The lowest BCUT2D eigenvalue weighted by molar-refractivity contribution is 1.05. The van der Waals surface area contributed by atoms with Gasteiger partial charge < -0.3 is 17.2 Å². The van der Waals surface area contributed by atoms with Gasteiger partial charge in [0, 0.05) is 0 Å². The Kier molecular flexibility index (Phi) is 1.50. The van der Waals surface area contributed by atoms with Crippen molar-refractivity contribution < 1.29 is 0 Å². The van der Waals surface area contributed by atoms with Gasteiger partial charge in [0.1, 0.15) is 5.69 Å². The molecule has 5 nitrogen and oxygen atoms in total. The third-order valence-electron chi connectivity index (χ3n) is 1.03. The fourth-order valence-corrected chi connectivity index (χ4v) is 0.594. The normalized spacial score (nSPS) is 9.70. The van der Waals surface area contributed by atoms with E-state index in [1.165, 1.54) is 0 Å². The molecule has 1 aromatic rings. The maximum Gasteiger partial charge on any atom is 0.176 e. The van der Waals surface area contributed by atoms with Crippen LogP contribution < -0.4 is 17.2 Å². The van der Waals surface area contributed by atoms with E-state index >= 15 is 0 Å². The summed E-state index contributed by atoms with van der Waals surface area (Å²) in [5, 5.41) is 6.93. The minimum atomic E-state index is 0.0756. The third-order valence-corrected chi connectivity index (χ3v) is 1.31. The van der Waals surface area contributed by atoms with Gasteiger partial charge in [-0.3, -0.25) is 0 Å². The molecule has 1 rings (SSSR count). The van der Waals surface area contributed by atoms with E-state index in [4.69, 9.17) is 28.8 Å². The van der Waals surface area contributed by atoms with E-state index in [1.807, 2.05) is 0 Å². The van der Waals surface area contributed by atoms with Crippen molar-refractivity contribution in [3.05, 3.63) is 5.15 Å². The second kappa shape index (κ2) is 2.18. The third kappa shape index (κ3) is 0.906. The Hall–Kier alpha value is -1.23. The van der Waals surface area contributed by atoms with Crippen LogP contribution in [-0.2, 0) is 0 Å². The van der Waals surface area contributed by atoms with Crippen LogP contribution in [0, 0.1) is 0 Å². The molecule has 0 aromatic carbocycles. The maximum atomic E-state index is 5.45. The maximum absolute atomic E-state index is 5.45. The van der Waals surface area contributed by atoms with Gasteiger partial charge in [0.15, 0.2) is 11.0 Å². The molecule has 0 radical (unpaired) electrons. The highest BCUT2D eigenvalue weighted by Gasteiger charge is 2.05. The Labute approximate surface area is 62.2 Å². The molecule has 0 amide bonds.